The summed E-state index contributed by atoms with van der Waals surface area (Å²) < 4.78 is 16.7. The average molecular weight is 347 g/mol. The van der Waals surface area contributed by atoms with Crippen molar-refractivity contribution in [1.82, 2.24) is 0 Å². The molecule has 6 nitrogen and oxygen atoms in total. The van der Waals surface area contributed by atoms with Crippen LogP contribution in [0.5, 0.6) is 0 Å². The molecular weight excluding hydrogens is 332 g/mol. The maximum Gasteiger partial charge on any atom is 0.303 e. The Bertz CT molecular complexity index is 489. The Morgan fingerprint density at radius 3 is 2.40 bits per heavy atom. The van der Waals surface area contributed by atoms with Crippen LogP contribution in [0.15, 0.2) is 21.2 Å². The summed E-state index contributed by atoms with van der Waals surface area (Å²) in [4.78, 5) is 22.6. The zero-order chi connectivity index (χ0) is 14.6. The van der Waals surface area contributed by atoms with Gasteiger partial charge in [0.2, 0.25) is 0 Å². The molecule has 20 heavy (non-hydrogen) atoms. The first-order valence-corrected chi connectivity index (χ1v) is 7.08. The van der Waals surface area contributed by atoms with Crippen LogP contribution in [0.2, 0.25) is 0 Å². The molecule has 110 valence electrons. The van der Waals surface area contributed by atoms with Gasteiger partial charge in [-0.15, -0.1) is 0 Å². The minimum Gasteiger partial charge on any atom is -0.481 e. The quantitative estimate of drug-likeness (QED) is 0.763. The lowest BCUT2D eigenvalue weighted by Crippen LogP contribution is -2.31. The maximum absolute atomic E-state index is 12.0. The Kier molecular flexibility index (Phi) is 4.95. The van der Waals surface area contributed by atoms with Crippen LogP contribution in [-0.2, 0) is 14.3 Å². The lowest BCUT2D eigenvalue weighted by Gasteiger charge is -2.26. The molecule has 1 fully saturated rings. The molecule has 1 aliphatic heterocycles. The molecule has 0 unspecified atom stereocenters. The number of ketones is 1. The summed E-state index contributed by atoms with van der Waals surface area (Å²) in [6.45, 7) is 0.834. The molecule has 0 aliphatic carbocycles. The third kappa shape index (κ3) is 3.91. The molecule has 2 heterocycles. The van der Waals surface area contributed by atoms with Gasteiger partial charge < -0.3 is 19.0 Å². The number of carbonyl (C=O) groups excluding carboxylic acids is 1. The molecule has 1 aromatic heterocycles. The van der Waals surface area contributed by atoms with E-state index in [4.69, 9.17) is 19.0 Å². The third-order valence-corrected chi connectivity index (χ3v) is 3.54. The normalized spacial score (nSPS) is 17.2. The molecule has 7 heteroatoms. The molecule has 0 aromatic carbocycles. The highest BCUT2D eigenvalue weighted by Crippen LogP contribution is 2.31. The van der Waals surface area contributed by atoms with Crippen molar-refractivity contribution in [3.8, 4) is 0 Å². The number of carbonyl (C=O) groups is 2. The minimum absolute atomic E-state index is 0.0551. The Morgan fingerprint density at radius 1 is 1.20 bits per heavy atom. The number of hydrogen-bond acceptors (Lipinski definition) is 5. The van der Waals surface area contributed by atoms with Crippen LogP contribution in [-0.4, -0.2) is 35.9 Å². The highest BCUT2D eigenvalue weighted by molar-refractivity contribution is 9.10. The van der Waals surface area contributed by atoms with Crippen molar-refractivity contribution in [3.05, 3.63) is 22.6 Å². The van der Waals surface area contributed by atoms with Crippen molar-refractivity contribution < 1.29 is 28.6 Å². The zero-order valence-electron chi connectivity index (χ0n) is 10.8. The van der Waals surface area contributed by atoms with Crippen molar-refractivity contribution in [2.24, 2.45) is 0 Å². The number of aliphatic carboxylic acids is 1. The van der Waals surface area contributed by atoms with E-state index in [2.05, 4.69) is 15.9 Å². The molecule has 1 aliphatic rings. The average Bonchev–Trinajstić information content (AvgIpc) is 3.03. The van der Waals surface area contributed by atoms with E-state index in [-0.39, 0.29) is 30.8 Å². The van der Waals surface area contributed by atoms with Gasteiger partial charge in [-0.05, 0) is 28.1 Å². The largest absolute Gasteiger partial charge is 0.481 e. The van der Waals surface area contributed by atoms with E-state index in [0.717, 1.165) is 0 Å². The Balaban J connectivity index is 1.92. The molecule has 0 amide bonds. The number of hydrogen-bond donors (Lipinski definition) is 1. The third-order valence-electron chi connectivity index (χ3n) is 3.11. The van der Waals surface area contributed by atoms with Gasteiger partial charge in [-0.1, -0.05) is 0 Å². The summed E-state index contributed by atoms with van der Waals surface area (Å²) in [5, 5.41) is 8.75. The second-order valence-corrected chi connectivity index (χ2v) is 5.31. The highest BCUT2D eigenvalue weighted by atomic mass is 79.9. The highest BCUT2D eigenvalue weighted by Gasteiger charge is 2.37. The lowest BCUT2D eigenvalue weighted by molar-refractivity contribution is -0.172. The van der Waals surface area contributed by atoms with Crippen LogP contribution in [0.4, 0.5) is 0 Å². The van der Waals surface area contributed by atoms with E-state index in [1.807, 2.05) is 0 Å². The number of carboxylic acids is 1. The Morgan fingerprint density at radius 2 is 1.85 bits per heavy atom. The monoisotopic (exact) mass is 346 g/mol. The number of Topliss-reactive ketones (excluding diaryl/α,β-unsaturated/α-hetero) is 1. The summed E-state index contributed by atoms with van der Waals surface area (Å²) in [5.74, 6) is -1.77. The van der Waals surface area contributed by atoms with Crippen molar-refractivity contribution >= 4 is 27.7 Å². The number of furan rings is 1. The molecule has 0 radical (unpaired) electrons. The van der Waals surface area contributed by atoms with Gasteiger partial charge in [0.25, 0.3) is 0 Å². The summed E-state index contributed by atoms with van der Waals surface area (Å²) in [7, 11) is 0. The van der Waals surface area contributed by atoms with Gasteiger partial charge >= 0.3 is 5.97 Å². The molecule has 1 N–H and O–H groups in total. The first-order chi connectivity index (χ1) is 9.51. The molecule has 0 saturated carbocycles. The predicted octanol–water partition coefficient (Wildman–Crippen LogP) is 2.61. The molecular formula is C13H15BrO6. The van der Waals surface area contributed by atoms with Gasteiger partial charge in [0.05, 0.1) is 19.6 Å². The maximum atomic E-state index is 12.0. The Hall–Kier alpha value is -1.18. The van der Waals surface area contributed by atoms with Gasteiger partial charge in [-0.25, -0.2) is 0 Å². The van der Waals surface area contributed by atoms with Gasteiger partial charge in [0, 0.05) is 19.3 Å². The fourth-order valence-electron chi connectivity index (χ4n) is 2.10. The van der Waals surface area contributed by atoms with Gasteiger partial charge in [-0.3, -0.25) is 9.59 Å². The summed E-state index contributed by atoms with van der Waals surface area (Å²) in [6.07, 6.45) is 0.676. The molecule has 1 saturated heterocycles. The van der Waals surface area contributed by atoms with Crippen LogP contribution in [0.25, 0.3) is 0 Å². The first-order valence-electron chi connectivity index (χ1n) is 6.29. The lowest BCUT2D eigenvalue weighted by atomic mass is 10.0. The smallest absolute Gasteiger partial charge is 0.303 e. The number of ether oxygens (including phenoxy) is 2. The minimum atomic E-state index is -0.960. The summed E-state index contributed by atoms with van der Waals surface area (Å²) in [6, 6.07) is 3.24. The molecule has 2 rings (SSSR count). The van der Waals surface area contributed by atoms with Crippen LogP contribution in [0.3, 0.4) is 0 Å². The van der Waals surface area contributed by atoms with E-state index >= 15 is 0 Å². The van der Waals surface area contributed by atoms with E-state index in [1.54, 1.807) is 12.1 Å². The van der Waals surface area contributed by atoms with Crippen LogP contribution < -0.4 is 0 Å². The van der Waals surface area contributed by atoms with Gasteiger partial charge in [0.1, 0.15) is 0 Å². The molecule has 1 aromatic rings. The van der Waals surface area contributed by atoms with Crippen LogP contribution in [0, 0.1) is 0 Å². The van der Waals surface area contributed by atoms with E-state index in [0.29, 0.717) is 24.3 Å². The molecule has 0 spiro atoms. The topological polar surface area (TPSA) is 86.0 Å². The fourth-order valence-corrected chi connectivity index (χ4v) is 2.41. The SMILES string of the molecule is O=C(O)CCC1(CCC(=O)c2ccc(Br)o2)OCCO1. The number of carboxylic acid groups (broad SMARTS) is 1. The van der Waals surface area contributed by atoms with Crippen molar-refractivity contribution in [1.29, 1.82) is 0 Å². The van der Waals surface area contributed by atoms with Crippen molar-refractivity contribution in [2.75, 3.05) is 13.2 Å². The van der Waals surface area contributed by atoms with E-state index in [9.17, 15) is 9.59 Å². The summed E-state index contributed by atoms with van der Waals surface area (Å²) in [5.41, 5.74) is 0. The zero-order valence-corrected chi connectivity index (χ0v) is 12.3. The molecule has 0 bridgehead atoms. The van der Waals surface area contributed by atoms with E-state index < -0.39 is 11.8 Å². The second-order valence-electron chi connectivity index (χ2n) is 4.53. The van der Waals surface area contributed by atoms with Crippen molar-refractivity contribution in [2.45, 2.75) is 31.5 Å². The Labute approximate surface area is 124 Å². The van der Waals surface area contributed by atoms with Gasteiger partial charge in [0.15, 0.2) is 22.0 Å². The predicted molar refractivity (Wildman–Crippen MR) is 71.5 cm³/mol. The first kappa shape index (κ1) is 15.2. The second kappa shape index (κ2) is 6.51. The van der Waals surface area contributed by atoms with Crippen LogP contribution in [0.1, 0.15) is 36.2 Å². The van der Waals surface area contributed by atoms with Crippen LogP contribution >= 0.6 is 15.9 Å². The van der Waals surface area contributed by atoms with Gasteiger partial charge in [-0.2, -0.15) is 0 Å². The van der Waals surface area contributed by atoms with Crippen molar-refractivity contribution in [3.63, 3.8) is 0 Å². The van der Waals surface area contributed by atoms with E-state index in [1.165, 1.54) is 0 Å². The summed E-state index contributed by atoms with van der Waals surface area (Å²) >= 11 is 3.14. The number of halogens is 1. The fraction of sp³-hybridized carbons (Fsp3) is 0.538. The standard InChI is InChI=1S/C13H15BrO6/c14-11-2-1-10(20-11)9(15)3-5-13(6-4-12(16)17)18-7-8-19-13/h1-2H,3-8H2,(H,16,17). The molecule has 0 atom stereocenters. The number of rotatable bonds is 7.